The third-order valence-electron chi connectivity index (χ3n) is 4.94. The standard InChI is InChI=1S/C20H25N5/c1-16-11-17(2)25(22-16)20-7-10-23(15-20)13-18-5-3-6-19(12-18)14-24-9-4-8-21-24/h3-6,8-9,11-12,20H,7,10,13-15H2,1-2H3/t20-/m1/s1. The molecule has 0 bridgehead atoms. The minimum Gasteiger partial charge on any atom is -0.297 e. The highest BCUT2D eigenvalue weighted by molar-refractivity contribution is 5.24. The van der Waals surface area contributed by atoms with E-state index in [-0.39, 0.29) is 0 Å². The van der Waals surface area contributed by atoms with Crippen molar-refractivity contribution in [2.45, 2.75) is 39.4 Å². The molecule has 1 aromatic carbocycles. The molecular weight excluding hydrogens is 310 g/mol. The van der Waals surface area contributed by atoms with Crippen LogP contribution in [0.5, 0.6) is 0 Å². The number of hydrogen-bond acceptors (Lipinski definition) is 3. The Hall–Kier alpha value is -2.40. The van der Waals surface area contributed by atoms with E-state index in [2.05, 4.69) is 64.0 Å². The molecular formula is C20H25N5. The number of aryl methyl sites for hydroxylation is 2. The molecule has 0 saturated carbocycles. The summed E-state index contributed by atoms with van der Waals surface area (Å²) in [6.07, 6.45) is 5.01. The van der Waals surface area contributed by atoms with Crippen LogP contribution in [-0.4, -0.2) is 37.6 Å². The molecule has 3 aromatic rings. The number of benzene rings is 1. The number of nitrogens with zero attached hydrogens (tertiary/aromatic N) is 5. The lowest BCUT2D eigenvalue weighted by atomic mass is 10.1. The third-order valence-corrected chi connectivity index (χ3v) is 4.94. The van der Waals surface area contributed by atoms with E-state index in [1.54, 1.807) is 0 Å². The van der Waals surface area contributed by atoms with Gasteiger partial charge < -0.3 is 0 Å². The molecule has 0 spiro atoms. The summed E-state index contributed by atoms with van der Waals surface area (Å²) in [5.74, 6) is 0. The van der Waals surface area contributed by atoms with Crippen LogP contribution in [0.15, 0.2) is 48.8 Å². The molecule has 3 heterocycles. The van der Waals surface area contributed by atoms with Crippen LogP contribution in [0, 0.1) is 13.8 Å². The van der Waals surface area contributed by atoms with Crippen LogP contribution in [0.1, 0.15) is 35.0 Å². The van der Waals surface area contributed by atoms with Crippen molar-refractivity contribution in [2.24, 2.45) is 0 Å². The molecule has 1 aliphatic heterocycles. The van der Waals surface area contributed by atoms with Gasteiger partial charge in [0.05, 0.1) is 18.3 Å². The van der Waals surface area contributed by atoms with Crippen molar-refractivity contribution in [3.05, 3.63) is 71.3 Å². The molecule has 5 nitrogen and oxygen atoms in total. The van der Waals surface area contributed by atoms with Crippen molar-refractivity contribution in [3.63, 3.8) is 0 Å². The molecule has 0 aliphatic carbocycles. The molecule has 0 radical (unpaired) electrons. The Kier molecular flexibility index (Phi) is 4.40. The van der Waals surface area contributed by atoms with E-state index in [4.69, 9.17) is 0 Å². The number of hydrogen-bond donors (Lipinski definition) is 0. The predicted octanol–water partition coefficient (Wildman–Crippen LogP) is 3.19. The molecule has 2 aromatic heterocycles. The third kappa shape index (κ3) is 3.66. The van der Waals surface area contributed by atoms with Crippen LogP contribution in [0.4, 0.5) is 0 Å². The normalized spacial score (nSPS) is 18.1. The fourth-order valence-corrected chi connectivity index (χ4v) is 3.84. The van der Waals surface area contributed by atoms with Gasteiger partial charge in [0.2, 0.25) is 0 Å². The first-order valence-electron chi connectivity index (χ1n) is 8.98. The summed E-state index contributed by atoms with van der Waals surface area (Å²) in [6.45, 7) is 8.26. The van der Waals surface area contributed by atoms with E-state index in [0.29, 0.717) is 6.04 Å². The molecule has 130 valence electrons. The van der Waals surface area contributed by atoms with Gasteiger partial charge in [0.15, 0.2) is 0 Å². The molecule has 1 atom stereocenters. The highest BCUT2D eigenvalue weighted by Crippen LogP contribution is 2.24. The van der Waals surface area contributed by atoms with Crippen molar-refractivity contribution in [3.8, 4) is 0 Å². The molecule has 1 aliphatic rings. The summed E-state index contributed by atoms with van der Waals surface area (Å²) >= 11 is 0. The lowest BCUT2D eigenvalue weighted by Gasteiger charge is -2.17. The number of rotatable bonds is 5. The van der Waals surface area contributed by atoms with Gasteiger partial charge in [-0.3, -0.25) is 14.3 Å². The van der Waals surface area contributed by atoms with E-state index in [1.807, 2.05) is 23.1 Å². The number of aromatic nitrogens is 4. The molecule has 0 N–H and O–H groups in total. The van der Waals surface area contributed by atoms with Crippen LogP contribution in [0.2, 0.25) is 0 Å². The van der Waals surface area contributed by atoms with Crippen LogP contribution >= 0.6 is 0 Å². The zero-order chi connectivity index (χ0) is 17.2. The Balaban J connectivity index is 1.40. The second-order valence-electron chi connectivity index (χ2n) is 7.07. The highest BCUT2D eigenvalue weighted by atomic mass is 15.3. The maximum atomic E-state index is 4.67. The van der Waals surface area contributed by atoms with Crippen LogP contribution < -0.4 is 0 Å². The largest absolute Gasteiger partial charge is 0.297 e. The minimum absolute atomic E-state index is 0.501. The monoisotopic (exact) mass is 335 g/mol. The Morgan fingerprint density at radius 1 is 1.08 bits per heavy atom. The lowest BCUT2D eigenvalue weighted by molar-refractivity contribution is 0.310. The quantitative estimate of drug-likeness (QED) is 0.719. The molecule has 4 rings (SSSR count). The summed E-state index contributed by atoms with van der Waals surface area (Å²) in [5.41, 5.74) is 5.06. The number of likely N-dealkylation sites (tertiary alicyclic amines) is 1. The van der Waals surface area contributed by atoms with Gasteiger partial charge in [-0.05, 0) is 43.5 Å². The van der Waals surface area contributed by atoms with E-state index < -0.39 is 0 Å². The van der Waals surface area contributed by atoms with Crippen LogP contribution in [0.25, 0.3) is 0 Å². The maximum Gasteiger partial charge on any atom is 0.0661 e. The van der Waals surface area contributed by atoms with Gasteiger partial charge >= 0.3 is 0 Å². The second kappa shape index (κ2) is 6.84. The first-order chi connectivity index (χ1) is 12.2. The van der Waals surface area contributed by atoms with Gasteiger partial charge in [-0.25, -0.2) is 0 Å². The van der Waals surface area contributed by atoms with Crippen molar-refractivity contribution >= 4 is 0 Å². The van der Waals surface area contributed by atoms with Gasteiger partial charge in [0.25, 0.3) is 0 Å². The van der Waals surface area contributed by atoms with Crippen LogP contribution in [0.3, 0.4) is 0 Å². The first kappa shape index (κ1) is 16.1. The predicted molar refractivity (Wildman–Crippen MR) is 98.4 cm³/mol. The minimum atomic E-state index is 0.501. The summed E-state index contributed by atoms with van der Waals surface area (Å²) in [6, 6.07) is 13.5. The van der Waals surface area contributed by atoms with Gasteiger partial charge in [-0.1, -0.05) is 24.3 Å². The molecule has 25 heavy (non-hydrogen) atoms. The van der Waals surface area contributed by atoms with Gasteiger partial charge in [-0.2, -0.15) is 10.2 Å². The molecule has 0 unspecified atom stereocenters. The first-order valence-corrected chi connectivity index (χ1v) is 8.98. The fraction of sp³-hybridized carbons (Fsp3) is 0.400. The SMILES string of the molecule is Cc1cc(C)n([C@@H]2CCN(Cc3cccc(Cn4cccn4)c3)C2)n1. The molecule has 0 amide bonds. The van der Waals surface area contributed by atoms with E-state index >= 15 is 0 Å². The zero-order valence-electron chi connectivity index (χ0n) is 15.0. The van der Waals surface area contributed by atoms with Crippen LogP contribution in [-0.2, 0) is 13.1 Å². The molecule has 1 saturated heterocycles. The summed E-state index contributed by atoms with van der Waals surface area (Å²) in [4.78, 5) is 2.54. The van der Waals surface area contributed by atoms with Crippen molar-refractivity contribution in [1.82, 2.24) is 24.5 Å². The van der Waals surface area contributed by atoms with Gasteiger partial charge in [-0.15, -0.1) is 0 Å². The zero-order valence-corrected chi connectivity index (χ0v) is 15.0. The Bertz CT molecular complexity index is 834. The van der Waals surface area contributed by atoms with Gasteiger partial charge in [0.1, 0.15) is 0 Å². The second-order valence-corrected chi connectivity index (χ2v) is 7.07. The smallest absolute Gasteiger partial charge is 0.0661 e. The highest BCUT2D eigenvalue weighted by Gasteiger charge is 2.25. The van der Waals surface area contributed by atoms with E-state index in [0.717, 1.165) is 31.9 Å². The topological polar surface area (TPSA) is 38.9 Å². The fourth-order valence-electron chi connectivity index (χ4n) is 3.84. The summed E-state index contributed by atoms with van der Waals surface area (Å²) in [7, 11) is 0. The average molecular weight is 335 g/mol. The summed E-state index contributed by atoms with van der Waals surface area (Å²) < 4.78 is 4.18. The molecule has 5 heteroatoms. The van der Waals surface area contributed by atoms with Crippen molar-refractivity contribution < 1.29 is 0 Å². The average Bonchev–Trinajstić information content (AvgIpc) is 3.30. The maximum absolute atomic E-state index is 4.67. The van der Waals surface area contributed by atoms with Gasteiger partial charge in [0, 0.05) is 37.7 Å². The van der Waals surface area contributed by atoms with Crippen molar-refractivity contribution in [2.75, 3.05) is 13.1 Å². The molecule has 1 fully saturated rings. The van der Waals surface area contributed by atoms with E-state index in [1.165, 1.54) is 23.2 Å². The Morgan fingerprint density at radius 3 is 2.64 bits per heavy atom. The Labute approximate surface area is 148 Å². The van der Waals surface area contributed by atoms with E-state index in [9.17, 15) is 0 Å². The Morgan fingerprint density at radius 2 is 1.92 bits per heavy atom. The lowest BCUT2D eigenvalue weighted by Crippen LogP contribution is -2.22. The summed E-state index contributed by atoms with van der Waals surface area (Å²) in [5, 5.41) is 8.96. The van der Waals surface area contributed by atoms with Crippen molar-refractivity contribution in [1.29, 1.82) is 0 Å².